The van der Waals surface area contributed by atoms with Crippen LogP contribution in [-0.2, 0) is 40.5 Å². The second kappa shape index (κ2) is 18.3. The molecule has 2 aliphatic heterocycles. The fraction of sp³-hybridized carbons (Fsp3) is 0. The van der Waals surface area contributed by atoms with Gasteiger partial charge in [-0.15, -0.1) is 0 Å². The summed E-state index contributed by atoms with van der Waals surface area (Å²) in [7, 11) is -20.9. The van der Waals surface area contributed by atoms with Crippen molar-refractivity contribution in [2.24, 2.45) is 0 Å². The molecule has 0 unspecified atom stereocenters. The van der Waals surface area contributed by atoms with Crippen molar-refractivity contribution >= 4 is 140 Å². The van der Waals surface area contributed by atoms with E-state index in [4.69, 9.17) is 0 Å². The van der Waals surface area contributed by atoms with E-state index in [1.807, 2.05) is 0 Å². The van der Waals surface area contributed by atoms with Gasteiger partial charge in [0.25, 0.3) is 23.6 Å². The largest absolute Gasteiger partial charge is 1.00 e. The molecular weight excluding hydrogens is 1030 g/mol. The molecule has 0 aliphatic carbocycles. The second-order valence-electron chi connectivity index (χ2n) is 15.5. The van der Waals surface area contributed by atoms with Crippen LogP contribution in [0.3, 0.4) is 0 Å². The Balaban J connectivity index is 0.00000180. The van der Waals surface area contributed by atoms with E-state index >= 15 is 0 Å². The number of amides is 4. The van der Waals surface area contributed by atoms with Gasteiger partial charge in [-0.25, -0.2) is 43.5 Å². The monoisotopic (exact) mass is 1050 g/mol. The molecule has 0 fully saturated rings. The van der Waals surface area contributed by atoms with Gasteiger partial charge in [-0.05, 0) is 105 Å². The fourth-order valence-corrected chi connectivity index (χ4v) is 11.7. The van der Waals surface area contributed by atoms with E-state index in [2.05, 4.69) is 0 Å². The molecule has 0 saturated heterocycles. The third-order valence-electron chi connectivity index (χ3n) is 12.0. The van der Waals surface area contributed by atoms with Crippen molar-refractivity contribution in [3.05, 3.63) is 131 Å². The minimum Gasteiger partial charge on any atom is -0.744 e. The molecule has 328 valence electrons. The van der Waals surface area contributed by atoms with Crippen LogP contribution >= 0.6 is 0 Å². The van der Waals surface area contributed by atoms with E-state index in [9.17, 15) is 71.1 Å². The van der Waals surface area contributed by atoms with Gasteiger partial charge in [0.15, 0.2) is 0 Å². The molecule has 0 atom stereocenters. The van der Waals surface area contributed by atoms with Crippen molar-refractivity contribution in [1.82, 2.24) is 0 Å². The Morgan fingerprint density at radius 3 is 0.957 bits per heavy atom. The van der Waals surface area contributed by atoms with Crippen molar-refractivity contribution in [2.75, 3.05) is 9.80 Å². The Bertz CT molecular complexity index is 4120. The van der Waals surface area contributed by atoms with E-state index in [1.54, 1.807) is 0 Å². The number of fused-ring (bicyclic) bond motifs is 4. The summed E-state index contributed by atoms with van der Waals surface area (Å²) in [5.74, 6) is -4.19. The topological polar surface area (TPSA) is 304 Å². The first-order chi connectivity index (χ1) is 30.9. The number of hydrogen-bond acceptors (Lipinski definition) is 16. The van der Waals surface area contributed by atoms with Gasteiger partial charge in [0, 0.05) is 43.4 Å². The van der Waals surface area contributed by atoms with Crippen LogP contribution in [0.5, 0.6) is 0 Å². The number of nitrogens with zero attached hydrogens (tertiary/aromatic N) is 2. The smallest absolute Gasteiger partial charge is 0.744 e. The molecule has 11 rings (SSSR count). The van der Waals surface area contributed by atoms with Crippen molar-refractivity contribution in [2.45, 2.75) is 19.6 Å². The SMILES string of the molecule is O=C1c2ccc3c4c(S(=O)(=O)[O-])cc5c6c(ccc(c7c(S(=O)(=O)[O-])cc(c2c37)C(=O)N1c1ccc2cc(S(=O)(=O)[O-])ccc2c1)c64)C(=O)N(c1ccc2cc(S(=O)(=O)[O-])ccc2c1)C5=O.[Na+].[Na+].[Na+].[Na+]. The van der Waals surface area contributed by atoms with Gasteiger partial charge in [0.2, 0.25) is 0 Å². The number of imide groups is 2. The first-order valence-electron chi connectivity index (χ1n) is 18.9. The molecule has 70 heavy (non-hydrogen) atoms. The maximum Gasteiger partial charge on any atom is 1.00 e. The molecule has 2 aliphatic rings. The molecule has 4 amide bonds. The maximum absolute atomic E-state index is 14.5. The predicted molar refractivity (Wildman–Crippen MR) is 230 cm³/mol. The zero-order valence-corrected chi connectivity index (χ0v) is 47.7. The maximum atomic E-state index is 14.5. The normalized spacial score (nSPS) is 14.1. The number of anilines is 2. The summed E-state index contributed by atoms with van der Waals surface area (Å²) in [6, 6.07) is 20.9. The van der Waals surface area contributed by atoms with Gasteiger partial charge in [0.1, 0.15) is 40.5 Å². The quantitative estimate of drug-likeness (QED) is 0.0492. The fourth-order valence-electron chi connectivity index (χ4n) is 9.27. The Morgan fingerprint density at radius 2 is 0.629 bits per heavy atom. The summed E-state index contributed by atoms with van der Waals surface area (Å²) >= 11 is 0. The van der Waals surface area contributed by atoms with E-state index in [0.717, 1.165) is 36.4 Å². The minimum absolute atomic E-state index is 0. The summed E-state index contributed by atoms with van der Waals surface area (Å²) in [5, 5.41) is -1.20. The summed E-state index contributed by atoms with van der Waals surface area (Å²) < 4.78 is 150. The minimum atomic E-state index is -5.60. The molecule has 18 nitrogen and oxygen atoms in total. The Kier molecular flexibility index (Phi) is 14.2. The third-order valence-corrected chi connectivity index (χ3v) is 15.4. The first kappa shape index (κ1) is 54.5. The third kappa shape index (κ3) is 8.23. The van der Waals surface area contributed by atoms with Gasteiger partial charge in [-0.1, -0.05) is 36.4 Å². The van der Waals surface area contributed by atoms with Crippen molar-refractivity contribution in [3.8, 4) is 0 Å². The van der Waals surface area contributed by atoms with Crippen LogP contribution in [0.1, 0.15) is 41.4 Å². The molecule has 0 N–H and O–H groups in total. The molecule has 0 saturated carbocycles. The van der Waals surface area contributed by atoms with Gasteiger partial charge >= 0.3 is 118 Å². The van der Waals surface area contributed by atoms with E-state index < -0.39 is 106 Å². The zero-order chi connectivity index (χ0) is 46.9. The number of rotatable bonds is 6. The number of benzene rings is 9. The number of carbonyl (C=O) groups is 4. The molecule has 2 heterocycles. The molecule has 0 bridgehead atoms. The molecule has 0 spiro atoms. The standard InChI is InChI=1S/C44H22N2O16S4.4Na/c47-41-29-11-9-27-38-34(66(60,61)62)18-32-36-30(42(48)46(44(32)50)24-6-2-22-16-26(64(54,55)56)8-4-20(22)14-24)12-10-28(40(36)38)37-33(65(57,58)59)17-31(35(29)39(27)37)43(49)45(41)23-5-1-21-15-25(63(51,52)53)7-3-19(21)13-23;;;;/h1-18H,(H,51,52,53)(H,54,55,56)(H,57,58,59)(H,60,61,62);;;;/q;4*+1/p-4. The Labute approximate surface area is 483 Å². The van der Waals surface area contributed by atoms with Crippen LogP contribution in [0.15, 0.2) is 129 Å². The predicted octanol–water partition coefficient (Wildman–Crippen LogP) is -6.72. The van der Waals surface area contributed by atoms with E-state index in [1.165, 1.54) is 72.8 Å². The summed E-state index contributed by atoms with van der Waals surface area (Å²) in [6.45, 7) is 0. The molecule has 0 radical (unpaired) electrons. The molecule has 9 aromatic carbocycles. The van der Waals surface area contributed by atoms with E-state index in [-0.39, 0.29) is 195 Å². The molecular formula is C44H18N2Na4O16S4. The number of hydrogen-bond donors (Lipinski definition) is 0. The zero-order valence-electron chi connectivity index (χ0n) is 36.5. The summed E-state index contributed by atoms with van der Waals surface area (Å²) in [5.41, 5.74) is -1.60. The Hall–Kier alpha value is -3.28. The Morgan fingerprint density at radius 1 is 0.314 bits per heavy atom. The summed E-state index contributed by atoms with van der Waals surface area (Å²) in [6.07, 6.45) is 0. The van der Waals surface area contributed by atoms with Crippen LogP contribution in [0.2, 0.25) is 0 Å². The van der Waals surface area contributed by atoms with Gasteiger partial charge in [0.05, 0.1) is 42.1 Å². The summed E-state index contributed by atoms with van der Waals surface area (Å²) in [4.78, 5) is 56.2. The van der Waals surface area contributed by atoms with Gasteiger partial charge in [-0.2, -0.15) is 0 Å². The average Bonchev–Trinajstić information content (AvgIpc) is 3.24. The molecule has 0 aromatic heterocycles. The van der Waals surface area contributed by atoms with Crippen LogP contribution in [0, 0.1) is 0 Å². The van der Waals surface area contributed by atoms with Crippen LogP contribution in [-0.4, -0.2) is 75.5 Å². The molecule has 26 heteroatoms. The van der Waals surface area contributed by atoms with Crippen LogP contribution in [0.4, 0.5) is 11.4 Å². The van der Waals surface area contributed by atoms with Gasteiger partial charge in [-0.3, -0.25) is 19.2 Å². The van der Waals surface area contributed by atoms with Crippen molar-refractivity contribution < 1.29 is 189 Å². The van der Waals surface area contributed by atoms with Crippen molar-refractivity contribution in [1.29, 1.82) is 0 Å². The van der Waals surface area contributed by atoms with Crippen LogP contribution in [0.25, 0.3) is 64.6 Å². The van der Waals surface area contributed by atoms with Crippen molar-refractivity contribution in [3.63, 3.8) is 0 Å². The van der Waals surface area contributed by atoms with Crippen LogP contribution < -0.4 is 128 Å². The second-order valence-corrected chi connectivity index (χ2v) is 21.0. The van der Waals surface area contributed by atoms with Gasteiger partial charge < -0.3 is 18.2 Å². The number of carbonyl (C=O) groups excluding carboxylic acids is 4. The first-order valence-corrected chi connectivity index (χ1v) is 24.5. The average molecular weight is 1050 g/mol. The van der Waals surface area contributed by atoms with E-state index in [0.29, 0.717) is 9.80 Å². The molecule has 9 aromatic rings.